The minimum atomic E-state index is -0.346. The molecule has 1 aliphatic rings. The third kappa shape index (κ3) is 3.75. The Morgan fingerprint density at radius 3 is 2.74 bits per heavy atom. The standard InChI is InChI=1S/C21H23ClN2O3/c1-14-4-3-5-19(15(14)2)26-17-8-10-23(11-9-17)13-24-18-12-16(22)6-7-20(18)27-21(24)25/h3-7,12,17H,8-11,13H2,1-2H3. The van der Waals surface area contributed by atoms with Gasteiger partial charge >= 0.3 is 5.76 Å². The van der Waals surface area contributed by atoms with E-state index >= 15 is 0 Å². The topological polar surface area (TPSA) is 47.6 Å². The molecule has 1 fully saturated rings. The lowest BCUT2D eigenvalue weighted by molar-refractivity contribution is 0.0824. The van der Waals surface area contributed by atoms with Gasteiger partial charge in [0.05, 0.1) is 12.2 Å². The van der Waals surface area contributed by atoms with E-state index < -0.39 is 0 Å². The van der Waals surface area contributed by atoms with Crippen LogP contribution in [-0.4, -0.2) is 28.7 Å². The van der Waals surface area contributed by atoms with Gasteiger partial charge in [-0.05, 0) is 62.1 Å². The van der Waals surface area contributed by atoms with E-state index in [2.05, 4.69) is 24.8 Å². The molecule has 0 unspecified atom stereocenters. The van der Waals surface area contributed by atoms with Crippen LogP contribution in [0.5, 0.6) is 5.75 Å². The van der Waals surface area contributed by atoms with Crippen LogP contribution in [0.15, 0.2) is 45.6 Å². The zero-order valence-corrected chi connectivity index (χ0v) is 16.3. The quantitative estimate of drug-likeness (QED) is 0.668. The number of hydrogen-bond donors (Lipinski definition) is 0. The van der Waals surface area contributed by atoms with Gasteiger partial charge in [0.1, 0.15) is 11.9 Å². The summed E-state index contributed by atoms with van der Waals surface area (Å²) < 4.78 is 13.2. The fourth-order valence-corrected chi connectivity index (χ4v) is 3.74. The van der Waals surface area contributed by atoms with Crippen LogP contribution in [-0.2, 0) is 6.67 Å². The molecular weight excluding hydrogens is 364 g/mol. The van der Waals surface area contributed by atoms with Crippen LogP contribution >= 0.6 is 11.6 Å². The Morgan fingerprint density at radius 2 is 1.96 bits per heavy atom. The summed E-state index contributed by atoms with van der Waals surface area (Å²) in [5, 5.41) is 0.595. The second kappa shape index (κ2) is 7.41. The van der Waals surface area contributed by atoms with Gasteiger partial charge in [-0.2, -0.15) is 0 Å². The van der Waals surface area contributed by atoms with Crippen LogP contribution in [0.2, 0.25) is 5.02 Å². The van der Waals surface area contributed by atoms with Gasteiger partial charge in [-0.15, -0.1) is 0 Å². The maximum Gasteiger partial charge on any atom is 0.421 e. The number of aromatic nitrogens is 1. The molecule has 0 radical (unpaired) electrons. The van der Waals surface area contributed by atoms with Gasteiger partial charge in [-0.1, -0.05) is 23.7 Å². The molecule has 1 aliphatic heterocycles. The average Bonchev–Trinajstić information content (AvgIpc) is 2.95. The van der Waals surface area contributed by atoms with Gasteiger partial charge in [0.25, 0.3) is 0 Å². The van der Waals surface area contributed by atoms with Crippen molar-refractivity contribution in [1.29, 1.82) is 0 Å². The molecule has 5 nitrogen and oxygen atoms in total. The molecule has 0 N–H and O–H groups in total. The number of piperidine rings is 1. The van der Waals surface area contributed by atoms with Crippen molar-refractivity contribution in [3.8, 4) is 5.75 Å². The minimum Gasteiger partial charge on any atom is -0.490 e. The predicted molar refractivity (Wildman–Crippen MR) is 107 cm³/mol. The third-order valence-corrected chi connectivity index (χ3v) is 5.59. The van der Waals surface area contributed by atoms with E-state index in [1.165, 1.54) is 11.1 Å². The van der Waals surface area contributed by atoms with Crippen molar-refractivity contribution in [2.75, 3.05) is 13.1 Å². The first-order valence-corrected chi connectivity index (χ1v) is 9.63. The van der Waals surface area contributed by atoms with Crippen molar-refractivity contribution in [2.45, 2.75) is 39.5 Å². The molecule has 1 saturated heterocycles. The summed E-state index contributed by atoms with van der Waals surface area (Å²) in [5.74, 6) is 0.626. The molecule has 0 spiro atoms. The van der Waals surface area contributed by atoms with Crippen molar-refractivity contribution < 1.29 is 9.15 Å². The number of aryl methyl sites for hydroxylation is 1. The van der Waals surface area contributed by atoms with Crippen molar-refractivity contribution >= 4 is 22.7 Å². The zero-order chi connectivity index (χ0) is 19.0. The number of rotatable bonds is 4. The SMILES string of the molecule is Cc1cccc(OC2CCN(Cn3c(=O)oc4ccc(Cl)cc43)CC2)c1C. The minimum absolute atomic E-state index is 0.203. The summed E-state index contributed by atoms with van der Waals surface area (Å²) in [4.78, 5) is 14.5. The molecule has 0 aliphatic carbocycles. The molecule has 2 aromatic carbocycles. The van der Waals surface area contributed by atoms with Crippen molar-refractivity contribution in [3.63, 3.8) is 0 Å². The number of ether oxygens (including phenoxy) is 1. The van der Waals surface area contributed by atoms with Crippen LogP contribution in [0, 0.1) is 13.8 Å². The molecule has 142 valence electrons. The normalized spacial score (nSPS) is 16.1. The Morgan fingerprint density at radius 1 is 1.19 bits per heavy atom. The Hall–Kier alpha value is -2.24. The fraction of sp³-hybridized carbons (Fsp3) is 0.381. The Balaban J connectivity index is 1.42. The maximum atomic E-state index is 12.2. The number of oxazole rings is 1. The summed E-state index contributed by atoms with van der Waals surface area (Å²) in [6.45, 7) is 6.44. The summed E-state index contributed by atoms with van der Waals surface area (Å²) >= 11 is 6.08. The van der Waals surface area contributed by atoms with Gasteiger partial charge in [-0.25, -0.2) is 4.79 Å². The lowest BCUT2D eigenvalue weighted by Gasteiger charge is -2.32. The van der Waals surface area contributed by atoms with Crippen molar-refractivity contribution in [1.82, 2.24) is 9.47 Å². The maximum absolute atomic E-state index is 12.2. The largest absolute Gasteiger partial charge is 0.490 e. The van der Waals surface area contributed by atoms with Gasteiger partial charge < -0.3 is 9.15 Å². The lowest BCUT2D eigenvalue weighted by Crippen LogP contribution is -2.40. The van der Waals surface area contributed by atoms with Crippen molar-refractivity contribution in [3.05, 3.63) is 63.1 Å². The molecule has 0 saturated carbocycles. The monoisotopic (exact) mass is 386 g/mol. The first kappa shape index (κ1) is 18.1. The van der Waals surface area contributed by atoms with Gasteiger partial charge in [0.15, 0.2) is 5.58 Å². The van der Waals surface area contributed by atoms with Crippen LogP contribution in [0.4, 0.5) is 0 Å². The van der Waals surface area contributed by atoms with Gasteiger partial charge in [0, 0.05) is 18.1 Å². The Bertz CT molecular complexity index is 1020. The molecule has 0 bridgehead atoms. The number of hydrogen-bond acceptors (Lipinski definition) is 4. The number of benzene rings is 2. The summed E-state index contributed by atoms with van der Waals surface area (Å²) in [7, 11) is 0. The molecule has 1 aromatic heterocycles. The first-order valence-electron chi connectivity index (χ1n) is 9.25. The third-order valence-electron chi connectivity index (χ3n) is 5.35. The molecule has 0 atom stereocenters. The number of nitrogens with zero attached hydrogens (tertiary/aromatic N) is 2. The van der Waals surface area contributed by atoms with E-state index in [0.29, 0.717) is 17.3 Å². The first-order chi connectivity index (χ1) is 13.0. The average molecular weight is 387 g/mol. The molecule has 27 heavy (non-hydrogen) atoms. The van der Waals surface area contributed by atoms with E-state index in [9.17, 15) is 4.79 Å². The van der Waals surface area contributed by atoms with E-state index in [1.807, 2.05) is 12.1 Å². The smallest absolute Gasteiger partial charge is 0.421 e. The molecule has 4 rings (SSSR count). The summed E-state index contributed by atoms with van der Waals surface area (Å²) in [6, 6.07) is 11.4. The highest BCUT2D eigenvalue weighted by atomic mass is 35.5. The number of likely N-dealkylation sites (tertiary alicyclic amines) is 1. The highest BCUT2D eigenvalue weighted by Crippen LogP contribution is 2.25. The van der Waals surface area contributed by atoms with E-state index in [0.717, 1.165) is 37.2 Å². The predicted octanol–water partition coefficient (Wildman–Crippen LogP) is 4.37. The summed E-state index contributed by atoms with van der Waals surface area (Å²) in [6.07, 6.45) is 2.06. The molecule has 6 heteroatoms. The molecule has 0 amide bonds. The Labute approximate surface area is 163 Å². The van der Waals surface area contributed by atoms with Gasteiger partial charge in [-0.3, -0.25) is 9.47 Å². The molecule has 3 aromatic rings. The Kier molecular flexibility index (Phi) is 4.98. The van der Waals surface area contributed by atoms with Crippen LogP contribution < -0.4 is 10.5 Å². The molecular formula is C21H23ClN2O3. The number of halogens is 1. The number of fused-ring (bicyclic) bond motifs is 1. The van der Waals surface area contributed by atoms with E-state index in [4.69, 9.17) is 20.8 Å². The molecule has 2 heterocycles. The van der Waals surface area contributed by atoms with E-state index in [1.54, 1.807) is 22.8 Å². The highest BCUT2D eigenvalue weighted by molar-refractivity contribution is 6.31. The zero-order valence-electron chi connectivity index (χ0n) is 15.6. The lowest BCUT2D eigenvalue weighted by atomic mass is 10.1. The second-order valence-electron chi connectivity index (χ2n) is 7.18. The second-order valence-corrected chi connectivity index (χ2v) is 7.62. The highest BCUT2D eigenvalue weighted by Gasteiger charge is 2.22. The van der Waals surface area contributed by atoms with E-state index in [-0.39, 0.29) is 11.9 Å². The van der Waals surface area contributed by atoms with Gasteiger partial charge in [0.2, 0.25) is 0 Å². The summed E-state index contributed by atoms with van der Waals surface area (Å²) in [5.41, 5.74) is 3.75. The van der Waals surface area contributed by atoms with Crippen LogP contribution in [0.1, 0.15) is 24.0 Å². The fourth-order valence-electron chi connectivity index (χ4n) is 3.57. The van der Waals surface area contributed by atoms with Crippen LogP contribution in [0.25, 0.3) is 11.1 Å². The van der Waals surface area contributed by atoms with Crippen LogP contribution in [0.3, 0.4) is 0 Å². The van der Waals surface area contributed by atoms with Crippen molar-refractivity contribution in [2.24, 2.45) is 0 Å².